The van der Waals surface area contributed by atoms with Crippen molar-refractivity contribution in [3.63, 3.8) is 0 Å². The Kier molecular flexibility index (Phi) is 5.26. The molecule has 10 heteroatoms. The molecule has 0 bridgehead atoms. The normalized spacial score (nSPS) is 19.9. The summed E-state index contributed by atoms with van der Waals surface area (Å²) >= 11 is 0. The molecule has 1 aromatic rings. The maximum absolute atomic E-state index is 12.3. The van der Waals surface area contributed by atoms with Gasteiger partial charge in [-0.2, -0.15) is 5.26 Å². The smallest absolute Gasteiger partial charge is 0.324 e. The van der Waals surface area contributed by atoms with Crippen LogP contribution in [0.5, 0.6) is 5.88 Å². The number of nitriles is 1. The number of likely N-dealkylation sites (tertiary alicyclic amines) is 1. The summed E-state index contributed by atoms with van der Waals surface area (Å²) in [6, 6.07) is 1.47. The molecule has 3 rings (SSSR count). The zero-order chi connectivity index (χ0) is 18.5. The summed E-state index contributed by atoms with van der Waals surface area (Å²) in [4.78, 5) is 46.2. The molecule has 1 atom stereocenters. The van der Waals surface area contributed by atoms with Crippen molar-refractivity contribution in [2.75, 3.05) is 26.2 Å². The summed E-state index contributed by atoms with van der Waals surface area (Å²) in [5.74, 6) is -0.206. The van der Waals surface area contributed by atoms with Crippen LogP contribution in [0.25, 0.3) is 0 Å². The van der Waals surface area contributed by atoms with E-state index in [-0.39, 0.29) is 48.9 Å². The molecule has 3 heterocycles. The minimum Gasteiger partial charge on any atom is -0.470 e. The van der Waals surface area contributed by atoms with Crippen LogP contribution in [0.2, 0.25) is 0 Å². The van der Waals surface area contributed by atoms with Crippen molar-refractivity contribution < 1.29 is 19.1 Å². The molecule has 1 unspecified atom stereocenters. The van der Waals surface area contributed by atoms with Crippen LogP contribution in [-0.2, 0) is 9.59 Å². The van der Waals surface area contributed by atoms with Gasteiger partial charge in [-0.25, -0.2) is 14.8 Å². The van der Waals surface area contributed by atoms with Crippen LogP contribution in [-0.4, -0.2) is 69.9 Å². The van der Waals surface area contributed by atoms with Gasteiger partial charge in [-0.05, 0) is 0 Å². The largest absolute Gasteiger partial charge is 0.470 e. The zero-order valence-electron chi connectivity index (χ0n) is 14.1. The lowest BCUT2D eigenvalue weighted by atomic mass is 10.2. The minimum absolute atomic E-state index is 0.0829. The molecule has 0 spiro atoms. The molecule has 10 nitrogen and oxygen atoms in total. The summed E-state index contributed by atoms with van der Waals surface area (Å²) in [5, 5.41) is 11.2. The lowest BCUT2D eigenvalue weighted by molar-refractivity contribution is -0.130. The summed E-state index contributed by atoms with van der Waals surface area (Å²) in [6.45, 7) is 1.53. The third kappa shape index (κ3) is 4.05. The molecule has 26 heavy (non-hydrogen) atoms. The molecule has 0 radical (unpaired) electrons. The van der Waals surface area contributed by atoms with E-state index in [1.807, 2.05) is 6.07 Å². The van der Waals surface area contributed by atoms with Crippen molar-refractivity contribution in [3.05, 3.63) is 18.1 Å². The highest BCUT2D eigenvalue weighted by Gasteiger charge is 2.30. The molecule has 1 aromatic heterocycles. The zero-order valence-corrected chi connectivity index (χ0v) is 14.1. The van der Waals surface area contributed by atoms with E-state index >= 15 is 0 Å². The van der Waals surface area contributed by atoms with E-state index in [1.54, 1.807) is 4.90 Å². The highest BCUT2D eigenvalue weighted by atomic mass is 16.5. The molecule has 0 aromatic carbocycles. The minimum atomic E-state index is -0.455. The van der Waals surface area contributed by atoms with E-state index in [4.69, 9.17) is 10.00 Å². The van der Waals surface area contributed by atoms with Gasteiger partial charge in [0.2, 0.25) is 17.5 Å². The van der Waals surface area contributed by atoms with Gasteiger partial charge in [0, 0.05) is 51.3 Å². The molecular formula is C16H18N6O4. The fraction of sp³-hybridized carbons (Fsp3) is 0.500. The topological polar surface area (TPSA) is 129 Å². The van der Waals surface area contributed by atoms with Crippen molar-refractivity contribution in [2.45, 2.75) is 25.4 Å². The summed E-state index contributed by atoms with van der Waals surface area (Å²) in [6.07, 6.45) is 3.68. The number of ether oxygens (including phenoxy) is 1. The van der Waals surface area contributed by atoms with Gasteiger partial charge in [0.05, 0.1) is 6.54 Å². The molecule has 2 aliphatic heterocycles. The first-order chi connectivity index (χ1) is 12.6. The standard InChI is InChI=1S/C16H18N6O4/c17-9-12-15(19-5-4-18-12)26-11-1-6-22(10-11)14(24)3-8-21-7-2-13(23)20-16(21)25/h4-5,11H,1-3,6-8,10H2,(H,20,23,25). The van der Waals surface area contributed by atoms with Crippen molar-refractivity contribution in [1.29, 1.82) is 5.26 Å². The fourth-order valence-corrected chi connectivity index (χ4v) is 2.90. The highest BCUT2D eigenvalue weighted by Crippen LogP contribution is 2.19. The Labute approximate surface area is 149 Å². The van der Waals surface area contributed by atoms with Crippen LogP contribution in [0.15, 0.2) is 12.4 Å². The fourth-order valence-electron chi connectivity index (χ4n) is 2.90. The summed E-state index contributed by atoms with van der Waals surface area (Å²) in [7, 11) is 0. The molecule has 2 fully saturated rings. The molecule has 4 amide bonds. The van der Waals surface area contributed by atoms with Gasteiger partial charge in [0.1, 0.15) is 12.2 Å². The maximum Gasteiger partial charge on any atom is 0.324 e. The van der Waals surface area contributed by atoms with Crippen molar-refractivity contribution in [1.82, 2.24) is 25.1 Å². The monoisotopic (exact) mass is 358 g/mol. The van der Waals surface area contributed by atoms with Crippen LogP contribution in [0.1, 0.15) is 25.0 Å². The molecule has 0 aliphatic carbocycles. The first-order valence-electron chi connectivity index (χ1n) is 8.31. The van der Waals surface area contributed by atoms with Crippen molar-refractivity contribution >= 4 is 17.8 Å². The lowest BCUT2D eigenvalue weighted by Gasteiger charge is -2.27. The molecular weight excluding hydrogens is 340 g/mol. The molecule has 2 aliphatic rings. The molecule has 136 valence electrons. The first kappa shape index (κ1) is 17.6. The molecule has 1 N–H and O–H groups in total. The number of hydrogen-bond donors (Lipinski definition) is 1. The van der Waals surface area contributed by atoms with Gasteiger partial charge in [0.15, 0.2) is 0 Å². The number of nitrogens with zero attached hydrogens (tertiary/aromatic N) is 5. The lowest BCUT2D eigenvalue weighted by Crippen LogP contribution is -2.50. The predicted molar refractivity (Wildman–Crippen MR) is 86.7 cm³/mol. The number of urea groups is 1. The SMILES string of the molecule is N#Cc1nccnc1OC1CCN(C(=O)CCN2CCC(=O)NC2=O)C1. The average Bonchev–Trinajstić information content (AvgIpc) is 3.10. The Morgan fingerprint density at radius 1 is 1.35 bits per heavy atom. The second kappa shape index (κ2) is 7.77. The van der Waals surface area contributed by atoms with Crippen LogP contribution in [0.3, 0.4) is 0 Å². The average molecular weight is 358 g/mol. The second-order valence-corrected chi connectivity index (χ2v) is 6.03. The van der Waals surface area contributed by atoms with Gasteiger partial charge in [0.25, 0.3) is 5.88 Å². The number of nitrogens with one attached hydrogen (secondary N) is 1. The Balaban J connectivity index is 1.47. The Hall–Kier alpha value is -3.22. The van der Waals surface area contributed by atoms with Gasteiger partial charge < -0.3 is 14.5 Å². The van der Waals surface area contributed by atoms with Crippen molar-refractivity contribution in [2.24, 2.45) is 0 Å². The van der Waals surface area contributed by atoms with Gasteiger partial charge in [-0.1, -0.05) is 0 Å². The Bertz CT molecular complexity index is 761. The van der Waals surface area contributed by atoms with E-state index in [2.05, 4.69) is 15.3 Å². The van der Waals surface area contributed by atoms with Crippen LogP contribution in [0.4, 0.5) is 4.79 Å². The van der Waals surface area contributed by atoms with Gasteiger partial charge >= 0.3 is 6.03 Å². The number of amides is 4. The third-order valence-corrected chi connectivity index (χ3v) is 4.28. The molecule has 0 saturated carbocycles. The van der Waals surface area contributed by atoms with Crippen LogP contribution >= 0.6 is 0 Å². The number of hydrogen-bond acceptors (Lipinski definition) is 7. The number of aromatic nitrogens is 2. The molecule has 2 saturated heterocycles. The maximum atomic E-state index is 12.3. The summed E-state index contributed by atoms with van der Waals surface area (Å²) in [5.41, 5.74) is 0.114. The predicted octanol–water partition coefficient (Wildman–Crippen LogP) is -0.340. The quantitative estimate of drug-likeness (QED) is 0.762. The second-order valence-electron chi connectivity index (χ2n) is 6.03. The van der Waals surface area contributed by atoms with Crippen LogP contribution < -0.4 is 10.1 Å². The Morgan fingerprint density at radius 3 is 2.92 bits per heavy atom. The Morgan fingerprint density at radius 2 is 2.15 bits per heavy atom. The van der Waals surface area contributed by atoms with E-state index in [0.717, 1.165) is 0 Å². The summed E-state index contributed by atoms with van der Waals surface area (Å²) < 4.78 is 5.70. The number of carbonyl (C=O) groups excluding carboxylic acids is 3. The first-order valence-corrected chi connectivity index (χ1v) is 8.31. The van der Waals surface area contributed by atoms with E-state index < -0.39 is 6.03 Å². The van der Waals surface area contributed by atoms with Crippen LogP contribution in [0, 0.1) is 11.3 Å². The van der Waals surface area contributed by atoms with Gasteiger partial charge in [-0.15, -0.1) is 0 Å². The third-order valence-electron chi connectivity index (χ3n) is 4.28. The number of carbonyl (C=O) groups is 3. The number of rotatable bonds is 5. The highest BCUT2D eigenvalue weighted by molar-refractivity contribution is 5.96. The number of imide groups is 1. The van der Waals surface area contributed by atoms with Crippen molar-refractivity contribution in [3.8, 4) is 11.9 Å². The van der Waals surface area contributed by atoms with E-state index in [9.17, 15) is 14.4 Å². The van der Waals surface area contributed by atoms with E-state index in [1.165, 1.54) is 17.3 Å². The van der Waals surface area contributed by atoms with Gasteiger partial charge in [-0.3, -0.25) is 14.9 Å². The van der Waals surface area contributed by atoms with E-state index in [0.29, 0.717) is 26.1 Å².